The van der Waals surface area contributed by atoms with E-state index in [0.29, 0.717) is 17.9 Å². The lowest BCUT2D eigenvalue weighted by Gasteiger charge is -2.49. The zero-order valence-corrected chi connectivity index (χ0v) is 15.7. The molecule has 0 radical (unpaired) electrons. The van der Waals surface area contributed by atoms with Gasteiger partial charge in [-0.1, -0.05) is 0 Å². The second kappa shape index (κ2) is 7.74. The van der Waals surface area contributed by atoms with E-state index in [9.17, 15) is 14.7 Å². The maximum Gasteiger partial charge on any atom is 0.248 e. The summed E-state index contributed by atoms with van der Waals surface area (Å²) in [5, 5.41) is 11.2. The highest BCUT2D eigenvalue weighted by molar-refractivity contribution is 8.00. The molecule has 0 aliphatic carbocycles. The molecule has 3 heterocycles. The number of thioether (sulfide) groups is 1. The van der Waals surface area contributed by atoms with Crippen molar-refractivity contribution in [2.45, 2.75) is 31.8 Å². The SMILES string of the molecule is Cc1ccc[n+](CC2=C(C(=O)[O-])N3C(=O)C(N)[C@@H]3SC2)c1C.Cl.Cl. The molecular weight excluding hydrogens is 373 g/mol. The molecule has 1 amide bonds. The number of fused-ring (bicyclic) bond motifs is 1. The zero-order valence-electron chi connectivity index (χ0n) is 13.2. The quantitative estimate of drug-likeness (QED) is 0.563. The first kappa shape index (κ1) is 20.8. The van der Waals surface area contributed by atoms with Crippen molar-refractivity contribution in [1.29, 1.82) is 0 Å². The molecule has 1 aromatic heterocycles. The first-order valence-corrected chi connectivity index (χ1v) is 8.06. The van der Waals surface area contributed by atoms with Crippen molar-refractivity contribution < 1.29 is 19.3 Å². The number of pyridine rings is 1. The first-order chi connectivity index (χ1) is 10.4. The van der Waals surface area contributed by atoms with Crippen molar-refractivity contribution in [1.82, 2.24) is 4.90 Å². The van der Waals surface area contributed by atoms with Gasteiger partial charge in [-0.25, -0.2) is 0 Å². The van der Waals surface area contributed by atoms with Gasteiger partial charge >= 0.3 is 0 Å². The Labute approximate surface area is 156 Å². The predicted molar refractivity (Wildman–Crippen MR) is 93.7 cm³/mol. The number of nitrogens with two attached hydrogens (primary N) is 1. The monoisotopic (exact) mass is 391 g/mol. The zero-order chi connectivity index (χ0) is 16.0. The van der Waals surface area contributed by atoms with Crippen LogP contribution in [0.1, 0.15) is 11.3 Å². The number of hydrogen-bond acceptors (Lipinski definition) is 5. The van der Waals surface area contributed by atoms with Gasteiger partial charge in [0.1, 0.15) is 11.4 Å². The third-order valence-electron chi connectivity index (χ3n) is 4.26. The summed E-state index contributed by atoms with van der Waals surface area (Å²) < 4.78 is 1.98. The average molecular weight is 392 g/mol. The summed E-state index contributed by atoms with van der Waals surface area (Å²) in [6.07, 6.45) is 1.91. The van der Waals surface area contributed by atoms with Gasteiger partial charge in [0.25, 0.3) is 0 Å². The summed E-state index contributed by atoms with van der Waals surface area (Å²) in [7, 11) is 0. The molecule has 1 saturated heterocycles. The van der Waals surface area contributed by atoms with Crippen LogP contribution in [0.25, 0.3) is 0 Å². The molecule has 2 aliphatic heterocycles. The molecular formula is C15H19Cl2N3O3S. The number of rotatable bonds is 3. The van der Waals surface area contributed by atoms with Gasteiger partial charge in [-0.15, -0.1) is 36.6 Å². The number of aliphatic carboxylic acids is 1. The van der Waals surface area contributed by atoms with Crippen LogP contribution in [0.3, 0.4) is 0 Å². The minimum atomic E-state index is -1.31. The Kier molecular flexibility index (Phi) is 6.69. The van der Waals surface area contributed by atoms with Gasteiger partial charge in [0.15, 0.2) is 18.4 Å². The van der Waals surface area contributed by atoms with Gasteiger partial charge in [-0.2, -0.15) is 4.57 Å². The van der Waals surface area contributed by atoms with E-state index in [0.717, 1.165) is 11.3 Å². The highest BCUT2D eigenvalue weighted by Crippen LogP contribution is 2.39. The summed E-state index contributed by atoms with van der Waals surface area (Å²) in [4.78, 5) is 24.7. The Morgan fingerprint density at radius 1 is 1.46 bits per heavy atom. The Hall–Kier alpha value is -1.28. The molecule has 2 atom stereocenters. The molecule has 1 fully saturated rings. The van der Waals surface area contributed by atoms with Crippen LogP contribution in [0.4, 0.5) is 0 Å². The number of aromatic nitrogens is 1. The minimum Gasteiger partial charge on any atom is -0.543 e. The molecule has 3 rings (SSSR count). The molecule has 0 saturated carbocycles. The van der Waals surface area contributed by atoms with Crippen LogP contribution in [0.2, 0.25) is 0 Å². The van der Waals surface area contributed by atoms with Crippen LogP contribution in [-0.4, -0.2) is 33.9 Å². The van der Waals surface area contributed by atoms with Crippen molar-refractivity contribution >= 4 is 48.5 Å². The first-order valence-electron chi connectivity index (χ1n) is 7.01. The summed E-state index contributed by atoms with van der Waals surface area (Å²) in [5.41, 5.74) is 8.59. The normalized spacial score (nSPS) is 22.1. The number of hydrogen-bond donors (Lipinski definition) is 1. The van der Waals surface area contributed by atoms with Crippen molar-refractivity contribution in [3.63, 3.8) is 0 Å². The number of carbonyl (C=O) groups excluding carboxylic acids is 2. The Morgan fingerprint density at radius 3 is 2.75 bits per heavy atom. The summed E-state index contributed by atoms with van der Waals surface area (Å²) in [5.74, 6) is -1.13. The van der Waals surface area contributed by atoms with Gasteiger partial charge in [0.05, 0.1) is 11.7 Å². The fourth-order valence-electron chi connectivity index (χ4n) is 2.82. The summed E-state index contributed by atoms with van der Waals surface area (Å²) in [6, 6.07) is 3.31. The number of aryl methyl sites for hydroxylation is 1. The molecule has 2 N–H and O–H groups in total. The van der Waals surface area contributed by atoms with E-state index in [2.05, 4.69) is 0 Å². The fraction of sp³-hybridized carbons (Fsp3) is 0.400. The lowest BCUT2D eigenvalue weighted by molar-refractivity contribution is -0.695. The largest absolute Gasteiger partial charge is 0.543 e. The maximum atomic E-state index is 11.9. The Morgan fingerprint density at radius 2 is 2.12 bits per heavy atom. The predicted octanol–water partition coefficient (Wildman–Crippen LogP) is -0.319. The molecule has 132 valence electrons. The van der Waals surface area contributed by atoms with Gasteiger partial charge in [-0.3, -0.25) is 9.69 Å². The van der Waals surface area contributed by atoms with E-state index < -0.39 is 12.0 Å². The molecule has 2 aliphatic rings. The van der Waals surface area contributed by atoms with E-state index in [1.165, 1.54) is 16.7 Å². The van der Waals surface area contributed by atoms with Crippen LogP contribution in [0, 0.1) is 13.8 Å². The lowest BCUT2D eigenvalue weighted by Crippen LogP contribution is -2.69. The summed E-state index contributed by atoms with van der Waals surface area (Å²) >= 11 is 1.50. The molecule has 0 aromatic carbocycles. The highest BCUT2D eigenvalue weighted by atomic mass is 35.5. The van der Waals surface area contributed by atoms with Crippen LogP contribution in [0.15, 0.2) is 29.6 Å². The van der Waals surface area contributed by atoms with Crippen molar-refractivity contribution in [3.8, 4) is 0 Å². The smallest absolute Gasteiger partial charge is 0.248 e. The average Bonchev–Trinajstić information content (AvgIpc) is 2.50. The van der Waals surface area contributed by atoms with E-state index in [1.807, 2.05) is 36.7 Å². The van der Waals surface area contributed by atoms with Crippen molar-refractivity contribution in [2.75, 3.05) is 5.75 Å². The highest BCUT2D eigenvalue weighted by Gasteiger charge is 2.50. The van der Waals surface area contributed by atoms with Crippen LogP contribution >= 0.6 is 36.6 Å². The number of amides is 1. The van der Waals surface area contributed by atoms with E-state index in [-0.39, 0.29) is 41.8 Å². The van der Waals surface area contributed by atoms with Gasteiger partial charge in [0.2, 0.25) is 5.91 Å². The van der Waals surface area contributed by atoms with Crippen LogP contribution in [0.5, 0.6) is 0 Å². The molecule has 24 heavy (non-hydrogen) atoms. The summed E-state index contributed by atoms with van der Waals surface area (Å²) in [6.45, 7) is 4.41. The van der Waals surface area contributed by atoms with Crippen molar-refractivity contribution in [3.05, 3.63) is 40.9 Å². The van der Waals surface area contributed by atoms with Gasteiger partial charge in [0, 0.05) is 29.9 Å². The standard InChI is InChI=1S/C15H17N3O3S.2ClH/c1-8-4-3-5-17(9(8)2)6-10-7-22-14-11(16)13(19)18(14)12(10)15(20)21;;/h3-5,11,14H,6-7,16H2,1-2H3;2*1H/t11?,14-;;/m0../s1. The number of nitrogens with zero attached hydrogens (tertiary/aromatic N) is 2. The van der Waals surface area contributed by atoms with E-state index in [4.69, 9.17) is 5.73 Å². The van der Waals surface area contributed by atoms with E-state index >= 15 is 0 Å². The topological polar surface area (TPSA) is 90.3 Å². The molecule has 6 nitrogen and oxygen atoms in total. The lowest BCUT2D eigenvalue weighted by atomic mass is 10.0. The molecule has 0 bridgehead atoms. The van der Waals surface area contributed by atoms with Crippen LogP contribution < -0.4 is 15.4 Å². The second-order valence-electron chi connectivity index (χ2n) is 5.58. The number of halogens is 2. The molecule has 1 unspecified atom stereocenters. The fourth-order valence-corrected chi connectivity index (χ4v) is 4.10. The minimum absolute atomic E-state index is 0. The van der Waals surface area contributed by atoms with Crippen molar-refractivity contribution in [2.24, 2.45) is 5.73 Å². The van der Waals surface area contributed by atoms with Gasteiger partial charge in [-0.05, 0) is 13.0 Å². The molecule has 0 spiro atoms. The second-order valence-corrected chi connectivity index (χ2v) is 6.68. The Bertz CT molecular complexity index is 711. The Balaban J connectivity index is 0.00000144. The molecule has 1 aromatic rings. The third-order valence-corrected chi connectivity index (χ3v) is 5.62. The van der Waals surface area contributed by atoms with Crippen LogP contribution in [-0.2, 0) is 16.1 Å². The van der Waals surface area contributed by atoms with E-state index in [1.54, 1.807) is 0 Å². The number of carboxylic acids is 1. The molecule has 9 heteroatoms. The van der Waals surface area contributed by atoms with Gasteiger partial charge < -0.3 is 15.6 Å². The number of carbonyl (C=O) groups is 2. The third kappa shape index (κ3) is 3.26. The number of β-lactam (4-membered cyclic amide) rings is 1. The number of carboxylic acid groups (broad SMARTS) is 1. The maximum absolute atomic E-state index is 11.9.